The van der Waals surface area contributed by atoms with Gasteiger partial charge in [-0.3, -0.25) is 4.79 Å². The molecule has 0 aliphatic heterocycles. The van der Waals surface area contributed by atoms with Crippen molar-refractivity contribution in [2.45, 2.75) is 38.9 Å². The minimum Gasteiger partial charge on any atom is -0.270 e. The third-order valence-electron chi connectivity index (χ3n) is 3.64. The summed E-state index contributed by atoms with van der Waals surface area (Å²) in [6, 6.07) is 10.9. The first-order valence-corrected chi connectivity index (χ1v) is 10.3. The molecule has 3 heteroatoms. The smallest absolute Gasteiger partial charge is 0.270 e. The quantitative estimate of drug-likeness (QED) is 0.584. The molecule has 0 bridgehead atoms. The zero-order chi connectivity index (χ0) is 15.0. The molecule has 0 fully saturated rings. The number of Topliss-reactive ketones (excluding diaryl/α,β-unsaturated/α-hetero) is 1. The number of carbonyl (C=O) groups is 1. The van der Waals surface area contributed by atoms with E-state index in [1.807, 2.05) is 24.3 Å². The molecule has 0 amide bonds. The summed E-state index contributed by atoms with van der Waals surface area (Å²) in [5.41, 5.74) is 4.08. The Morgan fingerprint density at radius 3 is 2.10 bits per heavy atom. The summed E-state index contributed by atoms with van der Waals surface area (Å²) in [5.74, 6) is 7.93. The van der Waals surface area contributed by atoms with Crippen LogP contribution >= 0.6 is 15.9 Å². The van der Waals surface area contributed by atoms with Crippen molar-refractivity contribution in [1.29, 1.82) is 0 Å². The standard InChI is InChI=1S/C17H19BrOSi/c1-4-20(5-2,6-3)14-13-17(19)12-9-15-7-10-16(18)11-8-15/h7-8,10-11H,4-6H2,1-3H3. The highest BCUT2D eigenvalue weighted by Crippen LogP contribution is 2.18. The van der Waals surface area contributed by atoms with E-state index in [1.165, 1.54) is 0 Å². The number of rotatable bonds is 3. The van der Waals surface area contributed by atoms with Crippen LogP contribution < -0.4 is 0 Å². The lowest BCUT2D eigenvalue weighted by atomic mass is 10.2. The normalized spacial score (nSPS) is 10.0. The number of ketones is 1. The molecule has 0 N–H and O–H groups in total. The maximum Gasteiger partial charge on any atom is 0.278 e. The Morgan fingerprint density at radius 2 is 1.60 bits per heavy atom. The van der Waals surface area contributed by atoms with E-state index < -0.39 is 8.07 Å². The maximum atomic E-state index is 11.7. The Kier molecular flexibility index (Phi) is 6.79. The Bertz CT molecular complexity index is 569. The first-order chi connectivity index (χ1) is 9.55. The van der Waals surface area contributed by atoms with Crippen LogP contribution in [-0.4, -0.2) is 13.9 Å². The van der Waals surface area contributed by atoms with E-state index in [2.05, 4.69) is 60.0 Å². The highest BCUT2D eigenvalue weighted by atomic mass is 79.9. The van der Waals surface area contributed by atoms with Gasteiger partial charge in [-0.15, -0.1) is 5.54 Å². The van der Waals surface area contributed by atoms with Gasteiger partial charge in [-0.2, -0.15) is 0 Å². The molecule has 0 saturated heterocycles. The monoisotopic (exact) mass is 346 g/mol. The van der Waals surface area contributed by atoms with Gasteiger partial charge in [-0.05, 0) is 54.2 Å². The van der Waals surface area contributed by atoms with Crippen LogP contribution in [0, 0.1) is 23.3 Å². The predicted octanol–water partition coefficient (Wildman–Crippen LogP) is 4.42. The van der Waals surface area contributed by atoms with Gasteiger partial charge in [-0.1, -0.05) is 42.6 Å². The lowest BCUT2D eigenvalue weighted by Gasteiger charge is -2.19. The molecule has 0 spiro atoms. The maximum absolute atomic E-state index is 11.7. The van der Waals surface area contributed by atoms with Crippen LogP contribution in [0.1, 0.15) is 26.3 Å². The predicted molar refractivity (Wildman–Crippen MR) is 91.0 cm³/mol. The van der Waals surface area contributed by atoms with Crippen LogP contribution in [0.4, 0.5) is 0 Å². The number of hydrogen-bond acceptors (Lipinski definition) is 1. The van der Waals surface area contributed by atoms with Crippen LogP contribution in [0.5, 0.6) is 0 Å². The largest absolute Gasteiger partial charge is 0.278 e. The summed E-state index contributed by atoms with van der Waals surface area (Å²) >= 11 is 3.36. The van der Waals surface area contributed by atoms with Crippen LogP contribution in [0.3, 0.4) is 0 Å². The van der Waals surface area contributed by atoms with E-state index in [-0.39, 0.29) is 5.78 Å². The molecule has 104 valence electrons. The average molecular weight is 347 g/mol. The van der Waals surface area contributed by atoms with Crippen LogP contribution in [-0.2, 0) is 4.79 Å². The van der Waals surface area contributed by atoms with Crippen molar-refractivity contribution in [3.63, 3.8) is 0 Å². The first-order valence-electron chi connectivity index (χ1n) is 6.90. The van der Waals surface area contributed by atoms with Gasteiger partial charge in [-0.25, -0.2) is 0 Å². The number of carbonyl (C=O) groups excluding carboxylic acids is 1. The molecular formula is C17H19BrOSi. The SMILES string of the molecule is CC[Si](C#CC(=O)C#Cc1ccc(Br)cc1)(CC)CC. The van der Waals surface area contributed by atoms with E-state index in [0.29, 0.717) is 0 Å². The zero-order valence-electron chi connectivity index (χ0n) is 12.2. The van der Waals surface area contributed by atoms with Gasteiger partial charge in [0.05, 0.1) is 0 Å². The molecule has 1 nitrogen and oxygen atoms in total. The van der Waals surface area contributed by atoms with E-state index >= 15 is 0 Å². The number of hydrogen-bond donors (Lipinski definition) is 0. The molecule has 0 aliphatic rings. The van der Waals surface area contributed by atoms with E-state index in [4.69, 9.17) is 0 Å². The van der Waals surface area contributed by atoms with Crippen molar-refractivity contribution in [2.75, 3.05) is 0 Å². The van der Waals surface area contributed by atoms with Crippen LogP contribution in [0.2, 0.25) is 18.1 Å². The lowest BCUT2D eigenvalue weighted by molar-refractivity contribution is -0.108. The summed E-state index contributed by atoms with van der Waals surface area (Å²) < 4.78 is 0.999. The van der Waals surface area contributed by atoms with Gasteiger partial charge >= 0.3 is 0 Å². The minimum atomic E-state index is -1.55. The molecule has 0 unspecified atom stereocenters. The van der Waals surface area contributed by atoms with E-state index in [1.54, 1.807) is 0 Å². The third-order valence-corrected chi connectivity index (χ3v) is 8.88. The molecule has 1 aromatic carbocycles. The highest BCUT2D eigenvalue weighted by Gasteiger charge is 2.24. The Labute approximate surface area is 131 Å². The Balaban J connectivity index is 2.82. The fourth-order valence-electron chi connectivity index (χ4n) is 1.90. The Morgan fingerprint density at radius 1 is 1.05 bits per heavy atom. The molecule has 0 aliphatic carbocycles. The van der Waals surface area contributed by atoms with Gasteiger partial charge in [0.1, 0.15) is 8.07 Å². The van der Waals surface area contributed by atoms with Crippen molar-refractivity contribution in [2.24, 2.45) is 0 Å². The van der Waals surface area contributed by atoms with E-state index in [0.717, 1.165) is 28.2 Å². The van der Waals surface area contributed by atoms with Crippen LogP contribution in [0.15, 0.2) is 28.7 Å². The molecule has 0 atom stereocenters. The van der Waals surface area contributed by atoms with Crippen molar-refractivity contribution >= 4 is 29.8 Å². The molecular weight excluding hydrogens is 328 g/mol. The molecule has 1 rings (SSSR count). The van der Waals surface area contributed by atoms with Gasteiger partial charge < -0.3 is 0 Å². The van der Waals surface area contributed by atoms with Gasteiger partial charge in [0.15, 0.2) is 0 Å². The zero-order valence-corrected chi connectivity index (χ0v) is 14.8. The fraction of sp³-hybridized carbons (Fsp3) is 0.353. The second-order valence-corrected chi connectivity index (χ2v) is 10.5. The molecule has 0 radical (unpaired) electrons. The Hall–Kier alpha value is -1.29. The molecule has 1 aromatic rings. The first kappa shape index (κ1) is 16.8. The molecule has 0 aromatic heterocycles. The van der Waals surface area contributed by atoms with Crippen molar-refractivity contribution < 1.29 is 4.79 Å². The average Bonchev–Trinajstić information content (AvgIpc) is 2.48. The third kappa shape index (κ3) is 5.00. The minimum absolute atomic E-state index is 0.278. The van der Waals surface area contributed by atoms with Gasteiger partial charge in [0.2, 0.25) is 0 Å². The highest BCUT2D eigenvalue weighted by molar-refractivity contribution is 9.10. The van der Waals surface area contributed by atoms with Crippen molar-refractivity contribution in [3.8, 4) is 23.3 Å². The van der Waals surface area contributed by atoms with Crippen LogP contribution in [0.25, 0.3) is 0 Å². The topological polar surface area (TPSA) is 17.1 Å². The lowest BCUT2D eigenvalue weighted by Crippen LogP contribution is -2.29. The summed E-state index contributed by atoms with van der Waals surface area (Å²) in [6.45, 7) is 6.52. The van der Waals surface area contributed by atoms with Gasteiger partial charge in [0.25, 0.3) is 5.78 Å². The molecule has 0 heterocycles. The molecule has 20 heavy (non-hydrogen) atoms. The van der Waals surface area contributed by atoms with E-state index in [9.17, 15) is 4.79 Å². The van der Waals surface area contributed by atoms with Crippen molar-refractivity contribution in [1.82, 2.24) is 0 Å². The summed E-state index contributed by atoms with van der Waals surface area (Å²) in [4.78, 5) is 11.7. The summed E-state index contributed by atoms with van der Waals surface area (Å²) in [5, 5.41) is 0. The summed E-state index contributed by atoms with van der Waals surface area (Å²) in [7, 11) is -1.55. The second kappa shape index (κ2) is 8.10. The summed E-state index contributed by atoms with van der Waals surface area (Å²) in [6.07, 6.45) is 0. The van der Waals surface area contributed by atoms with Gasteiger partial charge in [0, 0.05) is 10.0 Å². The fourth-order valence-corrected chi connectivity index (χ4v) is 4.57. The number of benzene rings is 1. The number of halogens is 1. The molecule has 0 saturated carbocycles. The van der Waals surface area contributed by atoms with Crippen molar-refractivity contribution in [3.05, 3.63) is 34.3 Å². The second-order valence-electron chi connectivity index (χ2n) is 4.68.